The van der Waals surface area contributed by atoms with E-state index in [-0.39, 0.29) is 36.9 Å². The number of hydrogen-bond acceptors (Lipinski definition) is 5. The second-order valence-electron chi connectivity index (χ2n) is 11.6. The maximum Gasteiger partial charge on any atom is 0.248 e. The van der Waals surface area contributed by atoms with Crippen molar-refractivity contribution in [3.63, 3.8) is 0 Å². The van der Waals surface area contributed by atoms with Gasteiger partial charge < -0.3 is 24.5 Å². The molecule has 4 rings (SSSR count). The van der Waals surface area contributed by atoms with Crippen LogP contribution in [0.1, 0.15) is 78.1 Å². The molecule has 1 saturated carbocycles. The Labute approximate surface area is 228 Å². The van der Waals surface area contributed by atoms with Crippen LogP contribution in [-0.4, -0.2) is 93.6 Å². The molecule has 4 aliphatic rings. The van der Waals surface area contributed by atoms with Gasteiger partial charge >= 0.3 is 0 Å². The van der Waals surface area contributed by atoms with Crippen LogP contribution in [0.25, 0.3) is 0 Å². The van der Waals surface area contributed by atoms with Gasteiger partial charge in [0.05, 0.1) is 17.4 Å². The maximum absolute atomic E-state index is 14.5. The lowest BCUT2D eigenvalue weighted by Crippen LogP contribution is -2.58. The Morgan fingerprint density at radius 1 is 1.11 bits per heavy atom. The van der Waals surface area contributed by atoms with Crippen LogP contribution in [0.2, 0.25) is 0 Å². The fourth-order valence-electron chi connectivity index (χ4n) is 7.88. The van der Waals surface area contributed by atoms with E-state index in [1.807, 2.05) is 18.7 Å². The van der Waals surface area contributed by atoms with E-state index in [0.29, 0.717) is 45.3 Å². The molecule has 1 aliphatic carbocycles. The van der Waals surface area contributed by atoms with Crippen molar-refractivity contribution in [1.82, 2.24) is 14.7 Å². The number of ether oxygens (including phenoxy) is 1. The highest BCUT2D eigenvalue weighted by Gasteiger charge is 2.79. The molecule has 2 unspecified atom stereocenters. The molecule has 4 fully saturated rings. The second kappa shape index (κ2) is 11.9. The summed E-state index contributed by atoms with van der Waals surface area (Å²) in [5.41, 5.74) is -1.78. The zero-order chi connectivity index (χ0) is 27.5. The molecule has 0 radical (unpaired) electrons. The third kappa shape index (κ3) is 4.61. The lowest BCUT2D eigenvalue weighted by atomic mass is 9.64. The number of hydrogen-bond donors (Lipinski definition) is 1. The summed E-state index contributed by atoms with van der Waals surface area (Å²) in [4.78, 5) is 48.2. The van der Waals surface area contributed by atoms with Crippen molar-refractivity contribution < 1.29 is 24.2 Å². The van der Waals surface area contributed by atoms with Gasteiger partial charge in [-0.1, -0.05) is 45.3 Å². The molecule has 3 aliphatic heterocycles. The summed E-state index contributed by atoms with van der Waals surface area (Å²) >= 11 is 0. The number of fused-ring (bicyclic) bond motifs is 1. The van der Waals surface area contributed by atoms with Crippen molar-refractivity contribution >= 4 is 17.7 Å². The predicted octanol–water partition coefficient (Wildman–Crippen LogP) is 3.30. The Morgan fingerprint density at radius 2 is 1.82 bits per heavy atom. The zero-order valence-electron chi connectivity index (χ0n) is 23.4. The van der Waals surface area contributed by atoms with E-state index in [1.165, 1.54) is 6.42 Å². The average Bonchev–Trinajstić information content (AvgIpc) is 3.53. The van der Waals surface area contributed by atoms with Gasteiger partial charge in [-0.3, -0.25) is 14.4 Å². The van der Waals surface area contributed by atoms with Crippen LogP contribution in [0, 0.1) is 11.8 Å². The highest BCUT2D eigenvalue weighted by molar-refractivity contribution is 5.99. The highest BCUT2D eigenvalue weighted by atomic mass is 16.5. The van der Waals surface area contributed by atoms with Gasteiger partial charge in [-0.15, -0.1) is 13.2 Å². The van der Waals surface area contributed by atoms with Crippen molar-refractivity contribution in [1.29, 1.82) is 0 Å². The molecule has 0 aromatic carbocycles. The topological polar surface area (TPSA) is 90.4 Å². The molecule has 8 nitrogen and oxygen atoms in total. The predicted molar refractivity (Wildman–Crippen MR) is 146 cm³/mol. The number of nitrogens with zero attached hydrogens (tertiary/aromatic N) is 3. The van der Waals surface area contributed by atoms with E-state index in [0.717, 1.165) is 32.1 Å². The number of aliphatic hydroxyl groups is 1. The summed E-state index contributed by atoms with van der Waals surface area (Å²) in [6.07, 6.45) is 11.7. The third-order valence-electron chi connectivity index (χ3n) is 9.52. The van der Waals surface area contributed by atoms with Gasteiger partial charge in [0, 0.05) is 38.8 Å². The second-order valence-corrected chi connectivity index (χ2v) is 11.6. The number of carbonyl (C=O) groups is 3. The minimum Gasteiger partial charge on any atom is -0.396 e. The van der Waals surface area contributed by atoms with Gasteiger partial charge in [0.1, 0.15) is 11.6 Å². The van der Waals surface area contributed by atoms with Gasteiger partial charge in [-0.2, -0.15) is 0 Å². The van der Waals surface area contributed by atoms with Gasteiger partial charge in [0.2, 0.25) is 17.7 Å². The van der Waals surface area contributed by atoms with Crippen LogP contribution in [0.4, 0.5) is 0 Å². The van der Waals surface area contributed by atoms with Gasteiger partial charge in [-0.05, 0) is 44.9 Å². The van der Waals surface area contributed by atoms with Gasteiger partial charge in [-0.25, -0.2) is 0 Å². The van der Waals surface area contributed by atoms with Crippen LogP contribution in [0.5, 0.6) is 0 Å². The smallest absolute Gasteiger partial charge is 0.248 e. The molecule has 3 heterocycles. The quantitative estimate of drug-likeness (QED) is 0.370. The van der Waals surface area contributed by atoms with Gasteiger partial charge in [0.25, 0.3) is 0 Å². The molecule has 5 atom stereocenters. The normalized spacial score (nSPS) is 32.3. The molecule has 2 bridgehead atoms. The standard InChI is InChI=1S/C30H47N3O5/c1-5-17-31(18-6-2)26(35)23-24-27(36)33(20-12-21-34)25(30(24)16-15-29(23,8-4)38-30)28(37)32(19-7-3)22-13-10-9-11-14-22/h5,7,22-25,34H,1,3,6,8-21H2,2,4H3/t23-,24-,25?,29+,30?/m0/s1. The lowest BCUT2D eigenvalue weighted by molar-refractivity contribution is -0.156. The summed E-state index contributed by atoms with van der Waals surface area (Å²) in [5.74, 6) is -1.67. The van der Waals surface area contributed by atoms with Crippen LogP contribution in [0.15, 0.2) is 25.3 Å². The number of amides is 3. The number of aliphatic hydroxyl groups excluding tert-OH is 1. The van der Waals surface area contributed by atoms with Crippen LogP contribution in [-0.2, 0) is 19.1 Å². The highest BCUT2D eigenvalue weighted by Crippen LogP contribution is 2.64. The van der Waals surface area contributed by atoms with Crippen molar-refractivity contribution in [2.24, 2.45) is 11.8 Å². The van der Waals surface area contributed by atoms with E-state index in [9.17, 15) is 19.5 Å². The largest absolute Gasteiger partial charge is 0.396 e. The lowest BCUT2D eigenvalue weighted by Gasteiger charge is -2.40. The summed E-state index contributed by atoms with van der Waals surface area (Å²) in [6, 6.07) is -0.679. The number of carbonyl (C=O) groups excluding carboxylic acids is 3. The summed E-state index contributed by atoms with van der Waals surface area (Å²) in [5, 5.41) is 9.63. The average molecular weight is 530 g/mol. The van der Waals surface area contributed by atoms with Crippen molar-refractivity contribution in [2.45, 2.75) is 101 Å². The first kappa shape index (κ1) is 28.8. The van der Waals surface area contributed by atoms with E-state index in [1.54, 1.807) is 22.0 Å². The maximum atomic E-state index is 14.5. The van der Waals surface area contributed by atoms with E-state index in [4.69, 9.17) is 4.74 Å². The molecular formula is C30H47N3O5. The molecular weight excluding hydrogens is 482 g/mol. The third-order valence-corrected chi connectivity index (χ3v) is 9.52. The van der Waals surface area contributed by atoms with Crippen LogP contribution in [0.3, 0.4) is 0 Å². The Kier molecular flexibility index (Phi) is 9.03. The van der Waals surface area contributed by atoms with Crippen molar-refractivity contribution in [2.75, 3.05) is 32.8 Å². The SMILES string of the molecule is C=CCN(CCC)C(=O)[C@@H]1[C@H]2C(=O)N(CCCO)C(C(=O)N(CC=C)C3CCCCC3)C23CC[C@@]1(CC)O3. The molecule has 0 aromatic rings. The Balaban J connectivity index is 1.77. The Bertz CT molecular complexity index is 918. The van der Waals surface area contributed by atoms with Gasteiger partial charge in [0.15, 0.2) is 0 Å². The molecule has 38 heavy (non-hydrogen) atoms. The Morgan fingerprint density at radius 3 is 2.42 bits per heavy atom. The molecule has 3 saturated heterocycles. The van der Waals surface area contributed by atoms with E-state index >= 15 is 0 Å². The molecule has 0 aromatic heterocycles. The first-order valence-electron chi connectivity index (χ1n) is 14.8. The molecule has 8 heteroatoms. The molecule has 1 N–H and O–H groups in total. The molecule has 3 amide bonds. The van der Waals surface area contributed by atoms with E-state index < -0.39 is 29.1 Å². The summed E-state index contributed by atoms with van der Waals surface area (Å²) < 4.78 is 6.92. The van der Waals surface area contributed by atoms with Crippen LogP contribution >= 0.6 is 0 Å². The summed E-state index contributed by atoms with van der Waals surface area (Å²) in [7, 11) is 0. The fraction of sp³-hybridized carbons (Fsp3) is 0.767. The van der Waals surface area contributed by atoms with Crippen LogP contribution < -0.4 is 0 Å². The minimum atomic E-state index is -1.03. The Hall–Kier alpha value is -2.19. The van der Waals surface area contributed by atoms with E-state index in [2.05, 4.69) is 13.2 Å². The molecule has 212 valence electrons. The van der Waals surface area contributed by atoms with Crippen molar-refractivity contribution in [3.05, 3.63) is 25.3 Å². The number of rotatable bonds is 13. The number of likely N-dealkylation sites (tertiary alicyclic amines) is 1. The first-order chi connectivity index (χ1) is 18.4. The first-order valence-corrected chi connectivity index (χ1v) is 14.8. The zero-order valence-corrected chi connectivity index (χ0v) is 23.4. The monoisotopic (exact) mass is 529 g/mol. The van der Waals surface area contributed by atoms with Crippen molar-refractivity contribution in [3.8, 4) is 0 Å². The summed E-state index contributed by atoms with van der Waals surface area (Å²) in [6.45, 7) is 13.4. The minimum absolute atomic E-state index is 0.0704. The fourth-order valence-corrected chi connectivity index (χ4v) is 7.88. The molecule has 1 spiro atoms.